The summed E-state index contributed by atoms with van der Waals surface area (Å²) in [6, 6.07) is 5.78. The quantitative estimate of drug-likeness (QED) is 0.791. The maximum absolute atomic E-state index is 12.0. The van der Waals surface area contributed by atoms with Gasteiger partial charge >= 0.3 is 6.18 Å². The zero-order valence-corrected chi connectivity index (χ0v) is 11.5. The maximum atomic E-state index is 12.0. The number of hydrogen-bond donors (Lipinski definition) is 1. The zero-order valence-electron chi connectivity index (χ0n) is 10.8. The highest BCUT2D eigenvalue weighted by Crippen LogP contribution is 2.49. The molecule has 1 fully saturated rings. The third-order valence-electron chi connectivity index (χ3n) is 3.60. The molecule has 1 N–H and O–H groups in total. The normalized spacial score (nSPS) is 17.5. The fourth-order valence-electron chi connectivity index (χ4n) is 2.08. The average molecular weight is 292 g/mol. The molecule has 0 aromatic heterocycles. The Morgan fingerprint density at radius 1 is 1.32 bits per heavy atom. The molecule has 1 aromatic rings. The molecule has 0 amide bonds. The molecule has 0 atom stereocenters. The second-order valence-electron chi connectivity index (χ2n) is 5.42. The highest BCUT2D eigenvalue weighted by Gasteiger charge is 2.40. The summed E-state index contributed by atoms with van der Waals surface area (Å²) in [7, 11) is 0. The molecule has 0 bridgehead atoms. The van der Waals surface area contributed by atoms with E-state index in [0.29, 0.717) is 6.54 Å². The van der Waals surface area contributed by atoms with E-state index in [1.165, 1.54) is 0 Å². The van der Waals surface area contributed by atoms with E-state index in [9.17, 15) is 13.2 Å². The summed E-state index contributed by atoms with van der Waals surface area (Å²) >= 11 is 6.23. The molecule has 1 aromatic carbocycles. The van der Waals surface area contributed by atoms with Crippen LogP contribution in [-0.2, 0) is 12.0 Å². The van der Waals surface area contributed by atoms with Crippen LogP contribution in [0.15, 0.2) is 18.2 Å². The summed E-state index contributed by atoms with van der Waals surface area (Å²) in [5, 5.41) is 3.50. The topological polar surface area (TPSA) is 12.0 Å². The second-order valence-corrected chi connectivity index (χ2v) is 5.82. The first-order valence-corrected chi connectivity index (χ1v) is 6.74. The van der Waals surface area contributed by atoms with Crippen molar-refractivity contribution in [1.29, 1.82) is 0 Å². The van der Waals surface area contributed by atoms with Crippen molar-refractivity contribution in [2.75, 3.05) is 6.54 Å². The average Bonchev–Trinajstić information content (AvgIpc) is 3.02. The van der Waals surface area contributed by atoms with Gasteiger partial charge in [0.2, 0.25) is 0 Å². The van der Waals surface area contributed by atoms with E-state index >= 15 is 0 Å². The lowest BCUT2D eigenvalue weighted by Gasteiger charge is -2.13. The van der Waals surface area contributed by atoms with Crippen molar-refractivity contribution in [3.05, 3.63) is 34.3 Å². The van der Waals surface area contributed by atoms with Crippen LogP contribution in [0.1, 0.15) is 37.3 Å². The predicted octanol–water partition coefficient (Wildman–Crippen LogP) is 4.43. The van der Waals surface area contributed by atoms with E-state index in [4.69, 9.17) is 11.6 Å². The van der Waals surface area contributed by atoms with Crippen LogP contribution in [0.5, 0.6) is 0 Å². The molecule has 0 spiro atoms. The van der Waals surface area contributed by atoms with Gasteiger partial charge in [0.05, 0.1) is 6.42 Å². The van der Waals surface area contributed by atoms with Gasteiger partial charge in [-0.1, -0.05) is 30.7 Å². The molecule has 5 heteroatoms. The fourth-order valence-corrected chi connectivity index (χ4v) is 2.51. The van der Waals surface area contributed by atoms with Crippen molar-refractivity contribution in [1.82, 2.24) is 5.32 Å². The van der Waals surface area contributed by atoms with Gasteiger partial charge in [-0.05, 0) is 35.4 Å². The minimum absolute atomic E-state index is 0.0689. The van der Waals surface area contributed by atoms with Gasteiger partial charge in [-0.15, -0.1) is 0 Å². The second kappa shape index (κ2) is 5.33. The Bertz CT molecular complexity index is 452. The number of alkyl halides is 3. The Morgan fingerprint density at radius 3 is 2.53 bits per heavy atom. The van der Waals surface area contributed by atoms with Gasteiger partial charge in [-0.2, -0.15) is 13.2 Å². The predicted molar refractivity (Wildman–Crippen MR) is 70.4 cm³/mol. The molecule has 0 unspecified atom stereocenters. The first kappa shape index (κ1) is 14.7. The van der Waals surface area contributed by atoms with Crippen LogP contribution in [0.25, 0.3) is 0 Å². The van der Waals surface area contributed by atoms with Crippen molar-refractivity contribution in [2.45, 2.75) is 44.3 Å². The van der Waals surface area contributed by atoms with Crippen LogP contribution in [0.4, 0.5) is 13.2 Å². The Labute approximate surface area is 116 Å². The van der Waals surface area contributed by atoms with Gasteiger partial charge in [0.15, 0.2) is 0 Å². The van der Waals surface area contributed by atoms with Gasteiger partial charge in [-0.25, -0.2) is 0 Å². The highest BCUT2D eigenvalue weighted by atomic mass is 35.5. The number of rotatable bonds is 5. The van der Waals surface area contributed by atoms with Gasteiger partial charge in [-0.3, -0.25) is 0 Å². The minimum Gasteiger partial charge on any atom is -0.312 e. The van der Waals surface area contributed by atoms with Crippen LogP contribution < -0.4 is 5.32 Å². The van der Waals surface area contributed by atoms with E-state index < -0.39 is 12.6 Å². The summed E-state index contributed by atoms with van der Waals surface area (Å²) in [5.41, 5.74) is 2.27. The summed E-state index contributed by atoms with van der Waals surface area (Å²) in [5.74, 6) is 0. The molecule has 0 saturated heterocycles. The zero-order chi connectivity index (χ0) is 14.1. The summed E-state index contributed by atoms with van der Waals surface area (Å²) in [6.07, 6.45) is -2.61. The maximum Gasteiger partial charge on any atom is 0.390 e. The molecule has 0 radical (unpaired) electrons. The summed E-state index contributed by atoms with van der Waals surface area (Å²) < 4.78 is 35.9. The lowest BCUT2D eigenvalue weighted by Crippen LogP contribution is -2.21. The summed E-state index contributed by atoms with van der Waals surface area (Å²) in [6.45, 7) is 2.52. The molecule has 2 rings (SSSR count). The van der Waals surface area contributed by atoms with Gasteiger partial charge < -0.3 is 5.32 Å². The molecular formula is C14H17ClF3N. The molecule has 106 valence electrons. The molecule has 1 saturated carbocycles. The van der Waals surface area contributed by atoms with Gasteiger partial charge in [0.1, 0.15) is 0 Å². The Balaban J connectivity index is 1.87. The van der Waals surface area contributed by atoms with Crippen LogP contribution in [0, 0.1) is 0 Å². The van der Waals surface area contributed by atoms with Crippen molar-refractivity contribution in [3.63, 3.8) is 0 Å². The Morgan fingerprint density at radius 2 is 2.00 bits per heavy atom. The lowest BCUT2D eigenvalue weighted by atomic mass is 9.97. The lowest BCUT2D eigenvalue weighted by molar-refractivity contribution is -0.133. The molecular weight excluding hydrogens is 275 g/mol. The smallest absolute Gasteiger partial charge is 0.312 e. The minimum atomic E-state index is -4.10. The molecule has 1 nitrogen and oxygen atoms in total. The first-order chi connectivity index (χ1) is 8.80. The third kappa shape index (κ3) is 4.11. The van der Waals surface area contributed by atoms with Crippen molar-refractivity contribution < 1.29 is 13.2 Å². The van der Waals surface area contributed by atoms with E-state index in [1.807, 2.05) is 18.2 Å². The molecule has 19 heavy (non-hydrogen) atoms. The number of halogens is 4. The monoisotopic (exact) mass is 291 g/mol. The molecule has 1 aliphatic carbocycles. The highest BCUT2D eigenvalue weighted by molar-refractivity contribution is 6.31. The van der Waals surface area contributed by atoms with Crippen molar-refractivity contribution >= 4 is 11.6 Å². The fraction of sp³-hybridized carbons (Fsp3) is 0.571. The van der Waals surface area contributed by atoms with Crippen LogP contribution in [0.3, 0.4) is 0 Å². The van der Waals surface area contributed by atoms with E-state index in [-0.39, 0.29) is 12.0 Å². The molecule has 0 aliphatic heterocycles. The van der Waals surface area contributed by atoms with E-state index in [0.717, 1.165) is 29.0 Å². The SMILES string of the molecule is CC1(c2ccc(CNCCC(F)(F)F)cc2Cl)CC1. The molecule has 1 aliphatic rings. The van der Waals surface area contributed by atoms with E-state index in [2.05, 4.69) is 12.2 Å². The van der Waals surface area contributed by atoms with E-state index in [1.54, 1.807) is 0 Å². The standard InChI is InChI=1S/C14H17ClF3N/c1-13(4-5-13)11-3-2-10(8-12(11)15)9-19-7-6-14(16,17)18/h2-3,8,19H,4-7,9H2,1H3. The molecule has 0 heterocycles. The first-order valence-electron chi connectivity index (χ1n) is 6.37. The van der Waals surface area contributed by atoms with Crippen molar-refractivity contribution in [2.24, 2.45) is 0 Å². The van der Waals surface area contributed by atoms with Crippen LogP contribution in [-0.4, -0.2) is 12.7 Å². The van der Waals surface area contributed by atoms with Crippen molar-refractivity contribution in [3.8, 4) is 0 Å². The third-order valence-corrected chi connectivity index (χ3v) is 3.91. The van der Waals surface area contributed by atoms with Crippen LogP contribution >= 0.6 is 11.6 Å². The number of hydrogen-bond acceptors (Lipinski definition) is 1. The Hall–Kier alpha value is -0.740. The number of nitrogens with one attached hydrogen (secondary N) is 1. The van der Waals surface area contributed by atoms with Crippen LogP contribution in [0.2, 0.25) is 5.02 Å². The summed E-state index contributed by atoms with van der Waals surface area (Å²) in [4.78, 5) is 0. The van der Waals surface area contributed by atoms with Gasteiger partial charge in [0, 0.05) is 18.1 Å². The van der Waals surface area contributed by atoms with Gasteiger partial charge in [0.25, 0.3) is 0 Å². The largest absolute Gasteiger partial charge is 0.390 e. The number of benzene rings is 1. The Kier molecular flexibility index (Phi) is 4.11.